The molecule has 1 aromatic heterocycles. The molecule has 0 aromatic carbocycles. The Kier molecular flexibility index (Phi) is 6.68. The van der Waals surface area contributed by atoms with Crippen LogP contribution in [0.25, 0.3) is 0 Å². The zero-order valence-corrected chi connectivity index (χ0v) is 12.6. The third-order valence-corrected chi connectivity index (χ3v) is 3.25. The third kappa shape index (κ3) is 4.36. The largest absolute Gasteiger partial charge is 0.384 e. The van der Waals surface area contributed by atoms with E-state index < -0.39 is 0 Å². The normalized spacial score (nSPS) is 10.6. The van der Waals surface area contributed by atoms with Gasteiger partial charge >= 0.3 is 0 Å². The van der Waals surface area contributed by atoms with Crippen molar-refractivity contribution < 1.29 is 9.47 Å². The third-order valence-electron chi connectivity index (χ3n) is 2.12. The number of ether oxygens (including phenoxy) is 2. The summed E-state index contributed by atoms with van der Waals surface area (Å²) in [5.41, 5.74) is 0.921. The van der Waals surface area contributed by atoms with Crippen molar-refractivity contribution in [1.29, 1.82) is 0 Å². The highest BCUT2D eigenvalue weighted by Gasteiger charge is 2.11. The van der Waals surface area contributed by atoms with Crippen molar-refractivity contribution in [2.24, 2.45) is 0 Å². The van der Waals surface area contributed by atoms with Gasteiger partial charge in [-0.05, 0) is 29.5 Å². The minimum atomic E-state index is 0.499. The second-order valence-corrected chi connectivity index (χ2v) is 4.53. The smallest absolute Gasteiger partial charge is 0.143 e. The molecule has 0 fully saturated rings. The second-order valence-electron chi connectivity index (χ2n) is 3.46. The minimum Gasteiger partial charge on any atom is -0.384 e. The molecule has 1 heterocycles. The lowest BCUT2D eigenvalue weighted by molar-refractivity contribution is 0.179. The molecule has 5 nitrogen and oxygen atoms in total. The number of methoxy groups -OCH3 is 2. The van der Waals surface area contributed by atoms with Gasteiger partial charge in [-0.25, -0.2) is 9.97 Å². The molecule has 0 saturated heterocycles. The molecule has 0 spiro atoms. The first kappa shape index (κ1) is 14.6. The summed E-state index contributed by atoms with van der Waals surface area (Å²) < 4.78 is 11.2. The summed E-state index contributed by atoms with van der Waals surface area (Å²) in [7, 11) is 3.34. The summed E-state index contributed by atoms with van der Waals surface area (Å²) in [4.78, 5) is 8.96. The molecule has 0 amide bonds. The Bertz CT molecular complexity index is 334. The highest BCUT2D eigenvalue weighted by atomic mass is 127. The quantitative estimate of drug-likeness (QED) is 0.760. The van der Waals surface area contributed by atoms with Crippen LogP contribution in [0.2, 0.25) is 0 Å². The van der Waals surface area contributed by atoms with E-state index in [1.54, 1.807) is 14.2 Å². The molecular formula is C11H18IN3O2. The summed E-state index contributed by atoms with van der Waals surface area (Å²) in [6.45, 7) is 4.00. The highest BCUT2D eigenvalue weighted by Crippen LogP contribution is 2.20. The van der Waals surface area contributed by atoms with Crippen LogP contribution in [0, 0.1) is 3.57 Å². The van der Waals surface area contributed by atoms with Gasteiger partial charge in [0.15, 0.2) is 0 Å². The molecule has 96 valence electrons. The lowest BCUT2D eigenvalue weighted by Gasteiger charge is -2.11. The molecule has 0 saturated carbocycles. The topological polar surface area (TPSA) is 56.3 Å². The number of rotatable bonds is 7. The van der Waals surface area contributed by atoms with Gasteiger partial charge in [-0.15, -0.1) is 0 Å². The van der Waals surface area contributed by atoms with Crippen molar-refractivity contribution in [3.63, 3.8) is 0 Å². The molecule has 0 aliphatic heterocycles. The number of halogens is 1. The zero-order valence-electron chi connectivity index (χ0n) is 10.4. The van der Waals surface area contributed by atoms with Crippen LogP contribution in [-0.2, 0) is 22.5 Å². The van der Waals surface area contributed by atoms with E-state index in [-0.39, 0.29) is 0 Å². The monoisotopic (exact) mass is 351 g/mol. The zero-order chi connectivity index (χ0) is 12.7. The first-order valence-corrected chi connectivity index (χ1v) is 6.57. The van der Waals surface area contributed by atoms with E-state index in [0.717, 1.165) is 27.5 Å². The number of nitrogens with zero attached hydrogens (tertiary/aromatic N) is 2. The maximum absolute atomic E-state index is 5.15. The van der Waals surface area contributed by atoms with Crippen LogP contribution < -0.4 is 5.32 Å². The van der Waals surface area contributed by atoms with Gasteiger partial charge in [0.2, 0.25) is 0 Å². The molecule has 0 aliphatic rings. The van der Waals surface area contributed by atoms with Crippen molar-refractivity contribution in [2.75, 3.05) is 32.7 Å². The van der Waals surface area contributed by atoms with Crippen molar-refractivity contribution in [1.82, 2.24) is 9.97 Å². The van der Waals surface area contributed by atoms with Crippen molar-refractivity contribution in [3.05, 3.63) is 15.1 Å². The van der Waals surface area contributed by atoms with Crippen LogP contribution in [0.15, 0.2) is 0 Å². The van der Waals surface area contributed by atoms with Crippen LogP contribution in [0.3, 0.4) is 0 Å². The van der Waals surface area contributed by atoms with E-state index in [1.807, 2.05) is 6.92 Å². The lowest BCUT2D eigenvalue weighted by Crippen LogP contribution is -2.11. The van der Waals surface area contributed by atoms with Gasteiger partial charge in [-0.3, -0.25) is 0 Å². The van der Waals surface area contributed by atoms with Gasteiger partial charge in [-0.2, -0.15) is 0 Å². The Morgan fingerprint density at radius 3 is 2.59 bits per heavy atom. The molecule has 0 radical (unpaired) electrons. The number of nitrogens with one attached hydrogen (secondary N) is 1. The summed E-state index contributed by atoms with van der Waals surface area (Å²) in [6, 6.07) is 0. The number of anilines is 1. The molecule has 1 N–H and O–H groups in total. The van der Waals surface area contributed by atoms with Crippen LogP contribution >= 0.6 is 22.6 Å². The Morgan fingerprint density at radius 2 is 2.00 bits per heavy atom. The maximum atomic E-state index is 5.15. The predicted molar refractivity (Wildman–Crippen MR) is 75.2 cm³/mol. The molecule has 0 bridgehead atoms. The van der Waals surface area contributed by atoms with Gasteiger partial charge < -0.3 is 14.8 Å². The summed E-state index contributed by atoms with van der Waals surface area (Å²) in [5, 5.41) is 3.24. The van der Waals surface area contributed by atoms with E-state index in [1.165, 1.54) is 0 Å². The van der Waals surface area contributed by atoms with E-state index >= 15 is 0 Å². The van der Waals surface area contributed by atoms with E-state index in [4.69, 9.17) is 9.47 Å². The number of hydrogen-bond donors (Lipinski definition) is 1. The Morgan fingerprint density at radius 1 is 1.24 bits per heavy atom. The SMILES string of the molecule is CCNc1nc(CCOC)nc(COC)c1I. The predicted octanol–water partition coefficient (Wildman–Crippen LogP) is 1.85. The van der Waals surface area contributed by atoms with E-state index in [9.17, 15) is 0 Å². The van der Waals surface area contributed by atoms with Crippen molar-refractivity contribution >= 4 is 28.4 Å². The van der Waals surface area contributed by atoms with Gasteiger partial charge in [0.25, 0.3) is 0 Å². The van der Waals surface area contributed by atoms with Crippen molar-refractivity contribution in [3.8, 4) is 0 Å². The summed E-state index contributed by atoms with van der Waals surface area (Å²) in [6.07, 6.45) is 0.711. The fourth-order valence-electron chi connectivity index (χ4n) is 1.37. The Labute approximate surface area is 115 Å². The van der Waals surface area contributed by atoms with Gasteiger partial charge in [0, 0.05) is 27.2 Å². The minimum absolute atomic E-state index is 0.499. The Hall–Kier alpha value is -0.470. The van der Waals surface area contributed by atoms with Gasteiger partial charge in [0.1, 0.15) is 11.6 Å². The fraction of sp³-hybridized carbons (Fsp3) is 0.636. The standard InChI is InChI=1S/C11H18IN3O2/c1-4-13-11-10(12)8(7-17-3)14-9(15-11)5-6-16-2/h4-7H2,1-3H3,(H,13,14,15). The first-order chi connectivity index (χ1) is 8.22. The van der Waals surface area contributed by atoms with E-state index in [2.05, 4.69) is 37.9 Å². The molecule has 17 heavy (non-hydrogen) atoms. The molecule has 6 heteroatoms. The maximum Gasteiger partial charge on any atom is 0.143 e. The van der Waals surface area contributed by atoms with Crippen LogP contribution in [-0.4, -0.2) is 37.3 Å². The second kappa shape index (κ2) is 7.78. The van der Waals surface area contributed by atoms with Crippen molar-refractivity contribution in [2.45, 2.75) is 20.0 Å². The van der Waals surface area contributed by atoms with Crippen LogP contribution in [0.1, 0.15) is 18.4 Å². The Balaban J connectivity index is 2.98. The molecule has 1 rings (SSSR count). The molecule has 0 unspecified atom stereocenters. The molecule has 0 atom stereocenters. The number of hydrogen-bond acceptors (Lipinski definition) is 5. The van der Waals surface area contributed by atoms with Crippen LogP contribution in [0.4, 0.5) is 5.82 Å². The lowest BCUT2D eigenvalue weighted by atomic mass is 10.3. The van der Waals surface area contributed by atoms with E-state index in [0.29, 0.717) is 19.6 Å². The summed E-state index contributed by atoms with van der Waals surface area (Å²) in [5.74, 6) is 1.66. The number of aromatic nitrogens is 2. The van der Waals surface area contributed by atoms with Gasteiger partial charge in [0.05, 0.1) is 22.5 Å². The van der Waals surface area contributed by atoms with Crippen LogP contribution in [0.5, 0.6) is 0 Å². The first-order valence-electron chi connectivity index (χ1n) is 5.50. The fourth-order valence-corrected chi connectivity index (χ4v) is 1.95. The molecule has 1 aromatic rings. The van der Waals surface area contributed by atoms with Gasteiger partial charge in [-0.1, -0.05) is 0 Å². The molecular weight excluding hydrogens is 333 g/mol. The summed E-state index contributed by atoms with van der Waals surface area (Å²) >= 11 is 2.24. The highest BCUT2D eigenvalue weighted by molar-refractivity contribution is 14.1. The molecule has 0 aliphatic carbocycles. The average molecular weight is 351 g/mol. The average Bonchev–Trinajstić information content (AvgIpc) is 2.32.